The quantitative estimate of drug-likeness (QED) is 0.732. The third kappa shape index (κ3) is 5.18. The van der Waals surface area contributed by atoms with Crippen molar-refractivity contribution in [1.82, 2.24) is 5.32 Å². The van der Waals surface area contributed by atoms with E-state index in [0.717, 1.165) is 11.1 Å². The van der Waals surface area contributed by atoms with E-state index in [0.29, 0.717) is 26.1 Å². The number of hydrogen-bond donors (Lipinski definition) is 2. The largest absolute Gasteiger partial charge is 0.480 e. The Morgan fingerprint density at radius 1 is 1.00 bits per heavy atom. The maximum absolute atomic E-state index is 13.1. The highest BCUT2D eigenvalue weighted by Gasteiger charge is 2.42. The topological polar surface area (TPSA) is 84.9 Å². The molecule has 1 heterocycles. The standard InChI is InChI=1S/C22H25NO5/c24-20(25)19(15-17-7-3-1-4-8-17)23-21(26)22(11-13-27-14-12-22)28-16-18-9-5-2-6-10-18/h1-10,19H,11-16H2,(H,23,26)(H,24,25). The lowest BCUT2D eigenvalue weighted by atomic mass is 9.92. The number of rotatable bonds is 8. The highest BCUT2D eigenvalue weighted by Crippen LogP contribution is 2.27. The summed E-state index contributed by atoms with van der Waals surface area (Å²) in [6.07, 6.45) is 1.000. The molecule has 0 aromatic heterocycles. The van der Waals surface area contributed by atoms with Gasteiger partial charge in [0.1, 0.15) is 6.04 Å². The molecule has 2 N–H and O–H groups in total. The van der Waals surface area contributed by atoms with Crippen molar-refractivity contribution < 1.29 is 24.2 Å². The Hall–Kier alpha value is -2.70. The minimum absolute atomic E-state index is 0.215. The van der Waals surface area contributed by atoms with Gasteiger partial charge in [0.15, 0.2) is 5.60 Å². The fraction of sp³-hybridized carbons (Fsp3) is 0.364. The molecule has 0 bridgehead atoms. The summed E-state index contributed by atoms with van der Waals surface area (Å²) in [5, 5.41) is 12.3. The molecule has 1 unspecified atom stereocenters. The Kier molecular flexibility index (Phi) is 6.79. The van der Waals surface area contributed by atoms with E-state index in [1.165, 1.54) is 0 Å². The van der Waals surface area contributed by atoms with E-state index in [-0.39, 0.29) is 13.0 Å². The van der Waals surface area contributed by atoms with Crippen LogP contribution >= 0.6 is 0 Å². The Labute approximate surface area is 164 Å². The SMILES string of the molecule is O=C(O)C(Cc1ccccc1)NC(=O)C1(OCc2ccccc2)CCOCC1. The van der Waals surface area contributed by atoms with E-state index in [9.17, 15) is 14.7 Å². The van der Waals surface area contributed by atoms with Gasteiger partial charge in [0, 0.05) is 32.5 Å². The molecule has 6 nitrogen and oxygen atoms in total. The third-order valence-corrected chi connectivity index (χ3v) is 4.96. The van der Waals surface area contributed by atoms with Gasteiger partial charge in [-0.25, -0.2) is 4.79 Å². The van der Waals surface area contributed by atoms with Crippen LogP contribution in [0.2, 0.25) is 0 Å². The number of nitrogens with one attached hydrogen (secondary N) is 1. The second-order valence-electron chi connectivity index (χ2n) is 6.93. The second kappa shape index (κ2) is 9.48. The zero-order valence-electron chi connectivity index (χ0n) is 15.7. The van der Waals surface area contributed by atoms with Crippen molar-refractivity contribution in [2.45, 2.75) is 37.5 Å². The minimum Gasteiger partial charge on any atom is -0.480 e. The van der Waals surface area contributed by atoms with Crippen molar-refractivity contribution >= 4 is 11.9 Å². The number of amides is 1. The van der Waals surface area contributed by atoms with Crippen molar-refractivity contribution in [2.24, 2.45) is 0 Å². The lowest BCUT2D eigenvalue weighted by molar-refractivity contribution is -0.165. The summed E-state index contributed by atoms with van der Waals surface area (Å²) < 4.78 is 11.5. The molecule has 148 valence electrons. The van der Waals surface area contributed by atoms with Gasteiger partial charge in [-0.05, 0) is 11.1 Å². The molecule has 1 fully saturated rings. The van der Waals surface area contributed by atoms with Gasteiger partial charge < -0.3 is 19.9 Å². The molecule has 2 aromatic carbocycles. The summed E-state index contributed by atoms with van der Waals surface area (Å²) in [7, 11) is 0. The smallest absolute Gasteiger partial charge is 0.326 e. The normalized spacial score (nSPS) is 16.9. The first kappa shape index (κ1) is 20.0. The Morgan fingerprint density at radius 2 is 1.57 bits per heavy atom. The lowest BCUT2D eigenvalue weighted by Gasteiger charge is -2.36. The molecule has 28 heavy (non-hydrogen) atoms. The Balaban J connectivity index is 1.71. The Bertz CT molecular complexity index is 772. The van der Waals surface area contributed by atoms with E-state index in [2.05, 4.69) is 5.32 Å². The molecule has 0 spiro atoms. The van der Waals surface area contributed by atoms with Gasteiger partial charge in [-0.1, -0.05) is 60.7 Å². The van der Waals surface area contributed by atoms with Crippen LogP contribution in [0.15, 0.2) is 60.7 Å². The summed E-state index contributed by atoms with van der Waals surface area (Å²) in [6.45, 7) is 1.09. The van der Waals surface area contributed by atoms with Crippen LogP contribution in [-0.2, 0) is 32.1 Å². The summed E-state index contributed by atoms with van der Waals surface area (Å²) in [5.41, 5.74) is 0.722. The van der Waals surface area contributed by atoms with Crippen LogP contribution in [0.5, 0.6) is 0 Å². The van der Waals surface area contributed by atoms with Gasteiger partial charge in [0.05, 0.1) is 6.61 Å². The van der Waals surface area contributed by atoms with Crippen LogP contribution in [0, 0.1) is 0 Å². The molecule has 1 aliphatic rings. The highest BCUT2D eigenvalue weighted by molar-refractivity contribution is 5.89. The van der Waals surface area contributed by atoms with Crippen LogP contribution in [0.25, 0.3) is 0 Å². The van der Waals surface area contributed by atoms with Crippen LogP contribution in [0.1, 0.15) is 24.0 Å². The third-order valence-electron chi connectivity index (χ3n) is 4.96. The van der Waals surface area contributed by atoms with E-state index in [1.54, 1.807) is 0 Å². The van der Waals surface area contributed by atoms with Gasteiger partial charge in [0.25, 0.3) is 5.91 Å². The first-order chi connectivity index (χ1) is 13.6. The number of carboxylic acids is 1. The maximum atomic E-state index is 13.1. The number of ether oxygens (including phenoxy) is 2. The molecular weight excluding hydrogens is 358 g/mol. The fourth-order valence-corrected chi connectivity index (χ4v) is 3.27. The van der Waals surface area contributed by atoms with Gasteiger partial charge in [-0.2, -0.15) is 0 Å². The fourth-order valence-electron chi connectivity index (χ4n) is 3.27. The molecule has 0 aliphatic carbocycles. The lowest BCUT2D eigenvalue weighted by Crippen LogP contribution is -2.56. The average Bonchev–Trinajstić information content (AvgIpc) is 2.74. The molecular formula is C22H25NO5. The summed E-state index contributed by atoms with van der Waals surface area (Å²) >= 11 is 0. The van der Waals surface area contributed by atoms with Gasteiger partial charge in [0.2, 0.25) is 0 Å². The molecule has 1 atom stereocenters. The zero-order valence-corrected chi connectivity index (χ0v) is 15.7. The summed E-state index contributed by atoms with van der Waals surface area (Å²) in [5.74, 6) is -1.46. The summed E-state index contributed by atoms with van der Waals surface area (Å²) in [4.78, 5) is 24.8. The van der Waals surface area contributed by atoms with Crippen molar-refractivity contribution in [3.05, 3.63) is 71.8 Å². The van der Waals surface area contributed by atoms with Crippen LogP contribution in [0.3, 0.4) is 0 Å². The van der Waals surface area contributed by atoms with Gasteiger partial charge in [-0.3, -0.25) is 4.79 Å². The first-order valence-electron chi connectivity index (χ1n) is 9.42. The van der Waals surface area contributed by atoms with E-state index < -0.39 is 23.5 Å². The average molecular weight is 383 g/mol. The van der Waals surface area contributed by atoms with Gasteiger partial charge >= 0.3 is 5.97 Å². The molecule has 3 rings (SSSR count). The number of benzene rings is 2. The second-order valence-corrected chi connectivity index (χ2v) is 6.93. The molecule has 0 radical (unpaired) electrons. The maximum Gasteiger partial charge on any atom is 0.326 e. The molecule has 1 aliphatic heterocycles. The van der Waals surface area contributed by atoms with Crippen LogP contribution in [0.4, 0.5) is 0 Å². The van der Waals surface area contributed by atoms with Crippen molar-refractivity contribution in [3.63, 3.8) is 0 Å². The van der Waals surface area contributed by atoms with Crippen molar-refractivity contribution in [3.8, 4) is 0 Å². The zero-order chi connectivity index (χ0) is 19.8. The predicted molar refractivity (Wildman–Crippen MR) is 104 cm³/mol. The number of aliphatic carboxylic acids is 1. The number of carbonyl (C=O) groups is 2. The minimum atomic E-state index is -1.08. The summed E-state index contributed by atoms with van der Waals surface area (Å²) in [6, 6.07) is 17.8. The Morgan fingerprint density at radius 3 is 2.14 bits per heavy atom. The number of carboxylic acid groups (broad SMARTS) is 1. The van der Waals surface area contributed by atoms with Crippen molar-refractivity contribution in [1.29, 1.82) is 0 Å². The van der Waals surface area contributed by atoms with Gasteiger partial charge in [-0.15, -0.1) is 0 Å². The molecule has 1 saturated heterocycles. The van der Waals surface area contributed by atoms with Crippen molar-refractivity contribution in [2.75, 3.05) is 13.2 Å². The van der Waals surface area contributed by atoms with E-state index in [1.807, 2.05) is 60.7 Å². The van der Waals surface area contributed by atoms with Crippen LogP contribution in [-0.4, -0.2) is 41.8 Å². The first-order valence-corrected chi connectivity index (χ1v) is 9.42. The molecule has 2 aromatic rings. The molecule has 1 amide bonds. The molecule has 0 saturated carbocycles. The van der Waals surface area contributed by atoms with Crippen LogP contribution < -0.4 is 5.32 Å². The molecule has 6 heteroatoms. The van der Waals surface area contributed by atoms with E-state index >= 15 is 0 Å². The number of hydrogen-bond acceptors (Lipinski definition) is 4. The highest BCUT2D eigenvalue weighted by atomic mass is 16.5. The van der Waals surface area contributed by atoms with E-state index in [4.69, 9.17) is 9.47 Å². The number of carbonyl (C=O) groups excluding carboxylic acids is 1. The monoisotopic (exact) mass is 383 g/mol. The predicted octanol–water partition coefficient (Wildman–Crippen LogP) is 2.56.